The van der Waals surface area contributed by atoms with Crippen molar-refractivity contribution in [3.63, 3.8) is 0 Å². The first-order valence-corrected chi connectivity index (χ1v) is 8.94. The highest BCUT2D eigenvalue weighted by Gasteiger charge is 2.09. The maximum atomic E-state index is 12.3. The predicted molar refractivity (Wildman–Crippen MR) is 93.1 cm³/mol. The number of benzene rings is 2. The lowest BCUT2D eigenvalue weighted by Crippen LogP contribution is -2.12. The summed E-state index contributed by atoms with van der Waals surface area (Å²) in [6.07, 6.45) is 1.62. The smallest absolute Gasteiger partial charge is 0.255 e. The average Bonchev–Trinajstić information content (AvgIpc) is 2.45. The van der Waals surface area contributed by atoms with Crippen LogP contribution in [0.5, 0.6) is 0 Å². The zero-order valence-electron chi connectivity index (χ0n) is 12.8. The Balaban J connectivity index is 2.21. The summed E-state index contributed by atoms with van der Waals surface area (Å²) >= 11 is 6.08. The fourth-order valence-corrected chi connectivity index (χ4v) is 3.01. The van der Waals surface area contributed by atoms with Crippen molar-refractivity contribution in [1.82, 2.24) is 0 Å². The topological polar surface area (TPSA) is 46.2 Å². The van der Waals surface area contributed by atoms with Gasteiger partial charge in [0.2, 0.25) is 0 Å². The van der Waals surface area contributed by atoms with Crippen molar-refractivity contribution in [2.45, 2.75) is 19.6 Å². The minimum absolute atomic E-state index is 0.172. The van der Waals surface area contributed by atoms with Crippen molar-refractivity contribution < 1.29 is 9.00 Å². The van der Waals surface area contributed by atoms with Crippen LogP contribution in [0, 0.1) is 13.8 Å². The second kappa shape index (κ2) is 7.07. The maximum Gasteiger partial charge on any atom is 0.255 e. The Hall–Kier alpha value is -1.65. The standard InChI is InChI=1S/C17H18ClNO2S/c1-11-4-5-13(8-12(11)2)17(20)19-15-6-7-16(18)14(9-15)10-22(3)21/h4-9H,10H2,1-3H3,(H,19,20). The van der Waals surface area contributed by atoms with Gasteiger partial charge in [-0.2, -0.15) is 0 Å². The lowest BCUT2D eigenvalue weighted by molar-refractivity contribution is 0.102. The number of anilines is 1. The molecule has 0 heterocycles. The summed E-state index contributed by atoms with van der Waals surface area (Å²) in [6.45, 7) is 3.98. The van der Waals surface area contributed by atoms with Crippen molar-refractivity contribution in [1.29, 1.82) is 0 Å². The molecule has 0 aliphatic carbocycles. The van der Waals surface area contributed by atoms with Crippen LogP contribution in [0.1, 0.15) is 27.0 Å². The summed E-state index contributed by atoms with van der Waals surface area (Å²) < 4.78 is 11.4. The second-order valence-electron chi connectivity index (χ2n) is 5.28. The Morgan fingerprint density at radius 2 is 1.86 bits per heavy atom. The molecule has 22 heavy (non-hydrogen) atoms. The number of halogens is 1. The molecule has 0 saturated heterocycles. The van der Waals surface area contributed by atoms with Gasteiger partial charge >= 0.3 is 0 Å². The highest BCUT2D eigenvalue weighted by Crippen LogP contribution is 2.22. The van der Waals surface area contributed by atoms with Gasteiger partial charge in [-0.05, 0) is 60.9 Å². The van der Waals surface area contributed by atoms with Gasteiger partial charge in [-0.25, -0.2) is 0 Å². The number of hydrogen-bond acceptors (Lipinski definition) is 2. The van der Waals surface area contributed by atoms with E-state index in [1.165, 1.54) is 0 Å². The molecular weight excluding hydrogens is 318 g/mol. The van der Waals surface area contributed by atoms with Gasteiger partial charge in [0.05, 0.1) is 0 Å². The summed E-state index contributed by atoms with van der Waals surface area (Å²) in [5, 5.41) is 3.40. The van der Waals surface area contributed by atoms with Gasteiger partial charge in [-0.1, -0.05) is 17.7 Å². The molecule has 0 aliphatic heterocycles. The van der Waals surface area contributed by atoms with Crippen LogP contribution in [-0.2, 0) is 16.6 Å². The lowest BCUT2D eigenvalue weighted by atomic mass is 10.1. The van der Waals surface area contributed by atoms with E-state index in [1.807, 2.05) is 26.0 Å². The number of rotatable bonds is 4. The minimum Gasteiger partial charge on any atom is -0.322 e. The van der Waals surface area contributed by atoms with Crippen molar-refractivity contribution in [2.24, 2.45) is 0 Å². The highest BCUT2D eigenvalue weighted by atomic mass is 35.5. The molecule has 1 unspecified atom stereocenters. The summed E-state index contributed by atoms with van der Waals surface area (Å²) in [7, 11) is -0.987. The van der Waals surface area contributed by atoms with Crippen LogP contribution in [0.15, 0.2) is 36.4 Å². The van der Waals surface area contributed by atoms with Gasteiger partial charge in [-0.15, -0.1) is 0 Å². The van der Waals surface area contributed by atoms with Gasteiger partial charge in [0.15, 0.2) is 0 Å². The van der Waals surface area contributed by atoms with E-state index in [9.17, 15) is 9.00 Å². The Kier molecular flexibility index (Phi) is 5.37. The van der Waals surface area contributed by atoms with Crippen molar-refractivity contribution >= 4 is 34.0 Å². The van der Waals surface area contributed by atoms with Gasteiger partial charge in [0.1, 0.15) is 0 Å². The van der Waals surface area contributed by atoms with E-state index in [2.05, 4.69) is 5.32 Å². The summed E-state index contributed by atoms with van der Waals surface area (Å²) in [6, 6.07) is 10.8. The van der Waals surface area contributed by atoms with Crippen LogP contribution in [0.2, 0.25) is 5.02 Å². The predicted octanol–water partition coefficient (Wildman–Crippen LogP) is 4.09. The van der Waals surface area contributed by atoms with Gasteiger partial charge in [-0.3, -0.25) is 9.00 Å². The third-order valence-electron chi connectivity index (χ3n) is 3.43. The fourth-order valence-electron chi connectivity index (χ4n) is 2.07. The molecule has 2 rings (SSSR count). The molecule has 5 heteroatoms. The molecule has 3 nitrogen and oxygen atoms in total. The molecule has 0 bridgehead atoms. The molecule has 2 aromatic rings. The van der Waals surface area contributed by atoms with Crippen molar-refractivity contribution in [3.8, 4) is 0 Å². The molecule has 0 saturated carbocycles. The summed E-state index contributed by atoms with van der Waals surface area (Å²) in [5.74, 6) is 0.195. The van der Waals surface area contributed by atoms with E-state index in [4.69, 9.17) is 11.6 Å². The van der Waals surface area contributed by atoms with E-state index in [-0.39, 0.29) is 5.91 Å². The summed E-state index contributed by atoms with van der Waals surface area (Å²) in [4.78, 5) is 12.3. The summed E-state index contributed by atoms with van der Waals surface area (Å²) in [5.41, 5.74) is 4.24. The Bertz CT molecular complexity index is 743. The number of nitrogens with one attached hydrogen (secondary N) is 1. The minimum atomic E-state index is -0.987. The number of aryl methyl sites for hydroxylation is 2. The Morgan fingerprint density at radius 1 is 1.14 bits per heavy atom. The van der Waals surface area contributed by atoms with Crippen LogP contribution >= 0.6 is 11.6 Å². The zero-order chi connectivity index (χ0) is 16.3. The molecule has 0 aliphatic rings. The SMILES string of the molecule is Cc1ccc(C(=O)Nc2ccc(Cl)c(CS(C)=O)c2)cc1C. The molecule has 1 N–H and O–H groups in total. The normalized spacial score (nSPS) is 12.0. The molecule has 0 spiro atoms. The van der Waals surface area contributed by atoms with Crippen LogP contribution in [0.3, 0.4) is 0 Å². The molecule has 2 aromatic carbocycles. The number of amides is 1. The first-order chi connectivity index (χ1) is 10.4. The lowest BCUT2D eigenvalue weighted by Gasteiger charge is -2.10. The first kappa shape index (κ1) is 16.7. The van der Waals surface area contributed by atoms with Gasteiger partial charge < -0.3 is 5.32 Å². The van der Waals surface area contributed by atoms with E-state index < -0.39 is 10.8 Å². The van der Waals surface area contributed by atoms with E-state index >= 15 is 0 Å². The van der Waals surface area contributed by atoms with Crippen LogP contribution in [0.4, 0.5) is 5.69 Å². The number of hydrogen-bond donors (Lipinski definition) is 1. The molecule has 116 valence electrons. The highest BCUT2D eigenvalue weighted by molar-refractivity contribution is 7.83. The fraction of sp³-hybridized carbons (Fsp3) is 0.235. The monoisotopic (exact) mass is 335 g/mol. The molecule has 0 fully saturated rings. The Labute approximate surface area is 138 Å². The molecule has 0 aromatic heterocycles. The zero-order valence-corrected chi connectivity index (χ0v) is 14.3. The van der Waals surface area contributed by atoms with Crippen molar-refractivity contribution in [3.05, 3.63) is 63.7 Å². The largest absolute Gasteiger partial charge is 0.322 e. The maximum absolute atomic E-state index is 12.3. The van der Waals surface area contributed by atoms with Crippen LogP contribution < -0.4 is 5.32 Å². The third kappa shape index (κ3) is 4.18. The average molecular weight is 336 g/mol. The number of carbonyl (C=O) groups excluding carboxylic acids is 1. The van der Waals surface area contributed by atoms with E-state index in [1.54, 1.807) is 30.5 Å². The quantitative estimate of drug-likeness (QED) is 0.914. The molecule has 1 amide bonds. The van der Waals surface area contributed by atoms with Crippen LogP contribution in [-0.4, -0.2) is 16.4 Å². The number of carbonyl (C=O) groups is 1. The second-order valence-corrected chi connectivity index (χ2v) is 7.12. The van der Waals surface area contributed by atoms with Gasteiger partial charge in [0, 0.05) is 39.1 Å². The molecule has 0 radical (unpaired) electrons. The van der Waals surface area contributed by atoms with E-state index in [0.29, 0.717) is 22.0 Å². The third-order valence-corrected chi connectivity index (χ3v) is 4.52. The van der Waals surface area contributed by atoms with E-state index in [0.717, 1.165) is 16.7 Å². The van der Waals surface area contributed by atoms with Crippen LogP contribution in [0.25, 0.3) is 0 Å². The molecule has 1 atom stereocenters. The molecular formula is C17H18ClNO2S. The van der Waals surface area contributed by atoms with Gasteiger partial charge in [0.25, 0.3) is 5.91 Å². The first-order valence-electron chi connectivity index (χ1n) is 6.84. The van der Waals surface area contributed by atoms with Crippen molar-refractivity contribution in [2.75, 3.05) is 11.6 Å². The Morgan fingerprint density at radius 3 is 2.50 bits per heavy atom.